The summed E-state index contributed by atoms with van der Waals surface area (Å²) < 4.78 is 11.3. The fourth-order valence-electron chi connectivity index (χ4n) is 2.61. The van der Waals surface area contributed by atoms with Gasteiger partial charge in [0.1, 0.15) is 18.1 Å². The van der Waals surface area contributed by atoms with Crippen LogP contribution in [0.25, 0.3) is 0 Å². The zero-order valence-corrected chi connectivity index (χ0v) is 17.1. The average molecular weight is 415 g/mol. The highest BCUT2D eigenvalue weighted by atomic mass is 35.5. The van der Waals surface area contributed by atoms with Gasteiger partial charge in [0.05, 0.1) is 24.0 Å². The molecule has 1 N–H and O–H groups in total. The Balaban J connectivity index is 1.72. The number of rotatable bonds is 7. The predicted octanol–water partition coefficient (Wildman–Crippen LogP) is 6.34. The molecule has 3 aromatic rings. The van der Waals surface area contributed by atoms with Crippen molar-refractivity contribution >= 4 is 35.1 Å². The first-order chi connectivity index (χ1) is 13.6. The number of nitrogens with zero attached hydrogens (tertiary/aromatic N) is 1. The summed E-state index contributed by atoms with van der Waals surface area (Å²) in [7, 11) is 1.63. The molecule has 0 aliphatic carbocycles. The zero-order chi connectivity index (χ0) is 19.9. The molecule has 28 heavy (non-hydrogen) atoms. The number of ether oxygens (including phenoxy) is 2. The highest BCUT2D eigenvalue weighted by molar-refractivity contribution is 6.35. The maximum absolute atomic E-state index is 6.17. The summed E-state index contributed by atoms with van der Waals surface area (Å²) in [5.74, 6) is 1.29. The maximum Gasteiger partial charge on any atom is 0.138 e. The molecule has 6 heteroatoms. The van der Waals surface area contributed by atoms with Crippen LogP contribution in [0.1, 0.15) is 16.7 Å². The number of para-hydroxylation sites is 1. The Bertz CT molecular complexity index is 990. The normalized spacial score (nSPS) is 10.9. The van der Waals surface area contributed by atoms with Crippen LogP contribution in [0.2, 0.25) is 10.0 Å². The fraction of sp³-hybridized carbons (Fsp3) is 0.136. The number of hydrogen-bond donors (Lipinski definition) is 1. The summed E-state index contributed by atoms with van der Waals surface area (Å²) in [5, 5.41) is 5.35. The van der Waals surface area contributed by atoms with E-state index in [2.05, 4.69) is 10.5 Å². The van der Waals surface area contributed by atoms with Crippen molar-refractivity contribution in [2.75, 3.05) is 12.5 Å². The number of methoxy groups -OCH3 is 1. The fourth-order valence-corrected chi connectivity index (χ4v) is 3.08. The lowest BCUT2D eigenvalue weighted by molar-refractivity contribution is 0.297. The van der Waals surface area contributed by atoms with E-state index in [-0.39, 0.29) is 0 Å². The summed E-state index contributed by atoms with van der Waals surface area (Å²) in [6, 6.07) is 18.9. The van der Waals surface area contributed by atoms with E-state index in [1.165, 1.54) is 0 Å². The third-order valence-electron chi connectivity index (χ3n) is 4.13. The van der Waals surface area contributed by atoms with E-state index in [0.717, 1.165) is 28.1 Å². The van der Waals surface area contributed by atoms with Crippen LogP contribution >= 0.6 is 23.2 Å². The largest absolute Gasteiger partial charge is 0.496 e. The van der Waals surface area contributed by atoms with Crippen LogP contribution in [0.15, 0.2) is 65.8 Å². The third kappa shape index (κ3) is 5.18. The second-order valence-corrected chi connectivity index (χ2v) is 6.96. The molecule has 0 saturated heterocycles. The molecule has 0 fully saturated rings. The Kier molecular flexibility index (Phi) is 6.80. The lowest BCUT2D eigenvalue weighted by Crippen LogP contribution is -2.01. The minimum atomic E-state index is 0.303. The van der Waals surface area contributed by atoms with Gasteiger partial charge in [0.15, 0.2) is 0 Å². The van der Waals surface area contributed by atoms with Gasteiger partial charge in [0.25, 0.3) is 0 Å². The number of benzene rings is 3. The Morgan fingerprint density at radius 2 is 1.79 bits per heavy atom. The Morgan fingerprint density at radius 3 is 2.54 bits per heavy atom. The van der Waals surface area contributed by atoms with Crippen LogP contribution in [-0.2, 0) is 6.61 Å². The van der Waals surface area contributed by atoms with E-state index < -0.39 is 0 Å². The highest BCUT2D eigenvalue weighted by Gasteiger charge is 2.08. The van der Waals surface area contributed by atoms with Crippen molar-refractivity contribution in [2.24, 2.45) is 5.10 Å². The number of aryl methyl sites for hydroxylation is 1. The monoisotopic (exact) mass is 414 g/mol. The van der Waals surface area contributed by atoms with E-state index in [1.807, 2.05) is 49.4 Å². The van der Waals surface area contributed by atoms with E-state index in [4.69, 9.17) is 32.7 Å². The van der Waals surface area contributed by atoms with Crippen LogP contribution in [0.4, 0.5) is 5.69 Å². The molecule has 0 atom stereocenters. The molecule has 0 saturated carbocycles. The summed E-state index contributed by atoms with van der Waals surface area (Å²) in [4.78, 5) is 0. The number of halogens is 2. The maximum atomic E-state index is 6.17. The van der Waals surface area contributed by atoms with Gasteiger partial charge in [0.2, 0.25) is 0 Å². The van der Waals surface area contributed by atoms with Crippen LogP contribution in [-0.4, -0.2) is 13.3 Å². The molecular formula is C22H20Cl2N2O2. The van der Waals surface area contributed by atoms with Gasteiger partial charge in [-0.15, -0.1) is 0 Å². The zero-order valence-electron chi connectivity index (χ0n) is 15.6. The van der Waals surface area contributed by atoms with Crippen LogP contribution in [0, 0.1) is 6.92 Å². The summed E-state index contributed by atoms with van der Waals surface area (Å²) >= 11 is 12.1. The van der Waals surface area contributed by atoms with Crippen molar-refractivity contribution in [1.29, 1.82) is 0 Å². The first-order valence-electron chi connectivity index (χ1n) is 8.66. The second-order valence-electron chi connectivity index (χ2n) is 6.12. The van der Waals surface area contributed by atoms with Gasteiger partial charge in [-0.25, -0.2) is 0 Å². The predicted molar refractivity (Wildman–Crippen MR) is 116 cm³/mol. The minimum Gasteiger partial charge on any atom is -0.496 e. The van der Waals surface area contributed by atoms with Crippen molar-refractivity contribution in [3.63, 3.8) is 0 Å². The SMILES string of the molecule is COc1ccc(/C=N/Nc2ccccc2C)cc1COc1ccc(Cl)cc1Cl. The quantitative estimate of drug-likeness (QED) is 0.362. The Labute approximate surface area is 174 Å². The molecule has 144 valence electrons. The lowest BCUT2D eigenvalue weighted by atomic mass is 10.1. The van der Waals surface area contributed by atoms with Gasteiger partial charge in [-0.2, -0.15) is 5.10 Å². The molecule has 0 unspecified atom stereocenters. The van der Waals surface area contributed by atoms with E-state index >= 15 is 0 Å². The number of hydrogen-bond acceptors (Lipinski definition) is 4. The standard InChI is InChI=1S/C22H20Cl2N2O2/c1-15-5-3-4-6-20(15)26-25-13-16-7-9-21(27-2)17(11-16)14-28-22-10-8-18(23)12-19(22)24/h3-13,26H,14H2,1-2H3/b25-13+. The molecule has 0 bridgehead atoms. The molecule has 0 heterocycles. The molecule has 0 radical (unpaired) electrons. The average Bonchev–Trinajstić information content (AvgIpc) is 2.69. The summed E-state index contributed by atoms with van der Waals surface area (Å²) in [5.41, 5.74) is 6.95. The van der Waals surface area contributed by atoms with Crippen molar-refractivity contribution in [3.05, 3.63) is 87.4 Å². The van der Waals surface area contributed by atoms with Crippen LogP contribution in [0.3, 0.4) is 0 Å². The molecule has 0 amide bonds. The minimum absolute atomic E-state index is 0.303. The Hall–Kier alpha value is -2.69. The van der Waals surface area contributed by atoms with Gasteiger partial charge in [-0.3, -0.25) is 5.43 Å². The number of hydrazone groups is 1. The molecule has 3 rings (SSSR count). The van der Waals surface area contributed by atoms with Gasteiger partial charge in [-0.1, -0.05) is 41.4 Å². The van der Waals surface area contributed by atoms with Crippen LogP contribution in [0.5, 0.6) is 11.5 Å². The molecule has 4 nitrogen and oxygen atoms in total. The Morgan fingerprint density at radius 1 is 1.00 bits per heavy atom. The molecule has 0 aromatic heterocycles. The van der Waals surface area contributed by atoms with Gasteiger partial charge < -0.3 is 9.47 Å². The van der Waals surface area contributed by atoms with E-state index in [1.54, 1.807) is 31.5 Å². The first kappa shape index (κ1) is 20.1. The topological polar surface area (TPSA) is 42.8 Å². The van der Waals surface area contributed by atoms with Crippen molar-refractivity contribution in [2.45, 2.75) is 13.5 Å². The van der Waals surface area contributed by atoms with Crippen molar-refractivity contribution in [3.8, 4) is 11.5 Å². The summed E-state index contributed by atoms with van der Waals surface area (Å²) in [6.07, 6.45) is 1.75. The van der Waals surface area contributed by atoms with Crippen molar-refractivity contribution < 1.29 is 9.47 Å². The molecule has 0 aliphatic heterocycles. The van der Waals surface area contributed by atoms with Gasteiger partial charge in [0, 0.05) is 10.6 Å². The number of nitrogens with one attached hydrogen (secondary N) is 1. The molecule has 0 aliphatic rings. The first-order valence-corrected chi connectivity index (χ1v) is 9.42. The van der Waals surface area contributed by atoms with E-state index in [0.29, 0.717) is 22.4 Å². The van der Waals surface area contributed by atoms with Gasteiger partial charge in [-0.05, 0) is 60.5 Å². The smallest absolute Gasteiger partial charge is 0.138 e. The van der Waals surface area contributed by atoms with Gasteiger partial charge >= 0.3 is 0 Å². The second kappa shape index (κ2) is 9.49. The lowest BCUT2D eigenvalue weighted by Gasteiger charge is -2.12. The van der Waals surface area contributed by atoms with Crippen LogP contribution < -0.4 is 14.9 Å². The summed E-state index contributed by atoms with van der Waals surface area (Å²) in [6.45, 7) is 2.33. The number of anilines is 1. The van der Waals surface area contributed by atoms with Crippen molar-refractivity contribution in [1.82, 2.24) is 0 Å². The van der Waals surface area contributed by atoms with E-state index in [9.17, 15) is 0 Å². The third-order valence-corrected chi connectivity index (χ3v) is 4.66. The highest BCUT2D eigenvalue weighted by Crippen LogP contribution is 2.29. The molecule has 3 aromatic carbocycles. The molecule has 0 spiro atoms. The molecular weight excluding hydrogens is 395 g/mol.